The van der Waals surface area contributed by atoms with Gasteiger partial charge in [0.25, 0.3) is 0 Å². The summed E-state index contributed by atoms with van der Waals surface area (Å²) in [6.45, 7) is 6.29. The second-order valence-corrected chi connectivity index (χ2v) is 5.28. The third kappa shape index (κ3) is 4.63. The summed E-state index contributed by atoms with van der Waals surface area (Å²) in [5, 5.41) is 11.9. The van der Waals surface area contributed by atoms with Crippen molar-refractivity contribution in [3.8, 4) is 0 Å². The second kappa shape index (κ2) is 8.52. The maximum atomic E-state index is 4.21. The van der Waals surface area contributed by atoms with Crippen molar-refractivity contribution in [2.24, 2.45) is 0 Å². The van der Waals surface area contributed by atoms with Gasteiger partial charge in [0.1, 0.15) is 0 Å². The number of aromatic nitrogens is 4. The lowest BCUT2D eigenvalue weighted by molar-refractivity contribution is 0.446. The van der Waals surface area contributed by atoms with Crippen LogP contribution in [0.25, 0.3) is 0 Å². The van der Waals surface area contributed by atoms with Gasteiger partial charge < -0.3 is 5.32 Å². The number of rotatable bonds is 9. The van der Waals surface area contributed by atoms with Crippen LogP contribution >= 0.6 is 0 Å². The molecule has 5 heteroatoms. The maximum absolute atomic E-state index is 4.21. The third-order valence-electron chi connectivity index (χ3n) is 3.55. The molecule has 0 saturated heterocycles. The van der Waals surface area contributed by atoms with E-state index in [9.17, 15) is 0 Å². The predicted molar refractivity (Wildman–Crippen MR) is 83.9 cm³/mol. The molecule has 114 valence electrons. The fraction of sp³-hybridized carbons (Fsp3) is 0.562. The molecule has 1 N–H and O–H groups in total. The zero-order valence-electron chi connectivity index (χ0n) is 13.0. The predicted octanol–water partition coefficient (Wildman–Crippen LogP) is 2.76. The Bertz CT molecular complexity index is 508. The molecule has 0 bridgehead atoms. The van der Waals surface area contributed by atoms with Gasteiger partial charge in [-0.3, -0.25) is 4.98 Å². The van der Waals surface area contributed by atoms with E-state index in [1.54, 1.807) is 0 Å². The Morgan fingerprint density at radius 1 is 1.19 bits per heavy atom. The molecule has 0 radical (unpaired) electrons. The Morgan fingerprint density at radius 2 is 2.00 bits per heavy atom. The molecule has 0 amide bonds. The molecular formula is C16H25N5. The summed E-state index contributed by atoms with van der Waals surface area (Å²) in [6, 6.07) is 4.47. The minimum Gasteiger partial charge on any atom is -0.309 e. The molecule has 0 spiro atoms. The number of nitrogens with one attached hydrogen (secondary N) is 1. The summed E-state index contributed by atoms with van der Waals surface area (Å²) in [4.78, 5) is 4.07. The third-order valence-corrected chi connectivity index (χ3v) is 3.55. The average Bonchev–Trinajstić information content (AvgIpc) is 2.97. The maximum Gasteiger partial charge on any atom is 0.0756 e. The van der Waals surface area contributed by atoms with E-state index < -0.39 is 0 Å². The van der Waals surface area contributed by atoms with E-state index in [0.29, 0.717) is 6.04 Å². The number of pyridine rings is 1. The molecule has 0 saturated carbocycles. The first-order valence-electron chi connectivity index (χ1n) is 7.85. The van der Waals surface area contributed by atoms with Gasteiger partial charge in [-0.05, 0) is 49.9 Å². The van der Waals surface area contributed by atoms with Crippen LogP contribution in [0.5, 0.6) is 0 Å². The first kappa shape index (κ1) is 15.6. The summed E-state index contributed by atoms with van der Waals surface area (Å²) in [5.41, 5.74) is 2.52. The molecule has 21 heavy (non-hydrogen) atoms. The minimum atomic E-state index is 0.305. The lowest BCUT2D eigenvalue weighted by Crippen LogP contribution is -2.25. The fourth-order valence-electron chi connectivity index (χ4n) is 2.45. The molecule has 0 aromatic carbocycles. The lowest BCUT2D eigenvalue weighted by atomic mass is 10.0. The van der Waals surface area contributed by atoms with Crippen molar-refractivity contribution in [1.82, 2.24) is 25.3 Å². The van der Waals surface area contributed by atoms with Gasteiger partial charge in [-0.15, -0.1) is 5.10 Å². The highest BCUT2D eigenvalue weighted by atomic mass is 15.4. The molecule has 0 aliphatic rings. The highest BCUT2D eigenvalue weighted by Crippen LogP contribution is 2.18. The van der Waals surface area contributed by atoms with E-state index in [2.05, 4.69) is 46.6 Å². The van der Waals surface area contributed by atoms with Crippen LogP contribution in [0.2, 0.25) is 0 Å². The second-order valence-electron chi connectivity index (χ2n) is 5.28. The summed E-state index contributed by atoms with van der Waals surface area (Å²) in [6.07, 6.45) is 9.87. The highest BCUT2D eigenvalue weighted by Gasteiger charge is 2.16. The summed E-state index contributed by atoms with van der Waals surface area (Å²) < 4.78 is 2.03. The largest absolute Gasteiger partial charge is 0.309 e. The van der Waals surface area contributed by atoms with Gasteiger partial charge in [0.05, 0.1) is 17.9 Å². The van der Waals surface area contributed by atoms with Crippen molar-refractivity contribution < 1.29 is 0 Å². The SMILES string of the molecule is CCCNC(CCc1ccncc1)c1cnnn1CCC. The van der Waals surface area contributed by atoms with E-state index in [1.807, 2.05) is 23.3 Å². The van der Waals surface area contributed by atoms with Crippen molar-refractivity contribution in [2.45, 2.75) is 52.1 Å². The number of hydrogen-bond acceptors (Lipinski definition) is 4. The van der Waals surface area contributed by atoms with Crippen LogP contribution in [0.3, 0.4) is 0 Å². The van der Waals surface area contributed by atoms with Crippen LogP contribution in [0.1, 0.15) is 50.4 Å². The normalized spacial score (nSPS) is 12.5. The van der Waals surface area contributed by atoms with Crippen LogP contribution in [-0.4, -0.2) is 26.5 Å². The van der Waals surface area contributed by atoms with Crippen molar-refractivity contribution in [3.63, 3.8) is 0 Å². The van der Waals surface area contributed by atoms with E-state index in [-0.39, 0.29) is 0 Å². The van der Waals surface area contributed by atoms with Crippen LogP contribution in [0.4, 0.5) is 0 Å². The van der Waals surface area contributed by atoms with Crippen molar-refractivity contribution in [2.75, 3.05) is 6.54 Å². The molecule has 1 atom stereocenters. The Morgan fingerprint density at radius 3 is 2.71 bits per heavy atom. The number of aryl methyl sites for hydroxylation is 2. The molecule has 0 aliphatic carbocycles. The van der Waals surface area contributed by atoms with Gasteiger partial charge in [0, 0.05) is 18.9 Å². The molecule has 0 aliphatic heterocycles. The lowest BCUT2D eigenvalue weighted by Gasteiger charge is -2.19. The van der Waals surface area contributed by atoms with E-state index in [1.165, 1.54) is 11.3 Å². The molecule has 5 nitrogen and oxygen atoms in total. The molecule has 0 fully saturated rings. The molecule has 2 rings (SSSR count). The Balaban J connectivity index is 2.04. The number of nitrogens with zero attached hydrogens (tertiary/aromatic N) is 4. The molecule has 2 heterocycles. The Kier molecular flexibility index (Phi) is 6.34. The van der Waals surface area contributed by atoms with Gasteiger partial charge in [-0.2, -0.15) is 0 Å². The minimum absolute atomic E-state index is 0.305. The molecule has 2 aromatic heterocycles. The monoisotopic (exact) mass is 287 g/mol. The van der Waals surface area contributed by atoms with Gasteiger partial charge >= 0.3 is 0 Å². The Hall–Kier alpha value is -1.75. The van der Waals surface area contributed by atoms with E-state index >= 15 is 0 Å². The highest BCUT2D eigenvalue weighted by molar-refractivity contribution is 5.11. The van der Waals surface area contributed by atoms with Gasteiger partial charge in [0.15, 0.2) is 0 Å². The molecular weight excluding hydrogens is 262 g/mol. The standard InChI is InChI=1S/C16H25N5/c1-3-9-18-15(6-5-14-7-10-17-11-8-14)16-13-19-20-21(16)12-4-2/h7-8,10-11,13,15,18H,3-6,9,12H2,1-2H3. The van der Waals surface area contributed by atoms with E-state index in [4.69, 9.17) is 0 Å². The van der Waals surface area contributed by atoms with Crippen LogP contribution in [0.15, 0.2) is 30.7 Å². The Labute approximate surface area is 126 Å². The van der Waals surface area contributed by atoms with Crippen molar-refractivity contribution in [3.05, 3.63) is 42.0 Å². The summed E-state index contributed by atoms with van der Waals surface area (Å²) >= 11 is 0. The zero-order chi connectivity index (χ0) is 14.9. The average molecular weight is 287 g/mol. The first-order valence-corrected chi connectivity index (χ1v) is 7.85. The summed E-state index contributed by atoms with van der Waals surface area (Å²) in [7, 11) is 0. The van der Waals surface area contributed by atoms with Gasteiger partial charge in [0.2, 0.25) is 0 Å². The fourth-order valence-corrected chi connectivity index (χ4v) is 2.45. The molecule has 1 unspecified atom stereocenters. The topological polar surface area (TPSA) is 55.6 Å². The van der Waals surface area contributed by atoms with Crippen LogP contribution in [-0.2, 0) is 13.0 Å². The van der Waals surface area contributed by atoms with Gasteiger partial charge in [-0.1, -0.05) is 19.1 Å². The van der Waals surface area contributed by atoms with Crippen molar-refractivity contribution >= 4 is 0 Å². The quantitative estimate of drug-likeness (QED) is 0.770. The summed E-state index contributed by atoms with van der Waals surface area (Å²) in [5.74, 6) is 0. The zero-order valence-corrected chi connectivity index (χ0v) is 13.0. The number of hydrogen-bond donors (Lipinski definition) is 1. The smallest absolute Gasteiger partial charge is 0.0756 e. The van der Waals surface area contributed by atoms with Crippen LogP contribution < -0.4 is 5.32 Å². The first-order chi connectivity index (χ1) is 10.3. The van der Waals surface area contributed by atoms with Crippen LogP contribution in [0, 0.1) is 0 Å². The van der Waals surface area contributed by atoms with E-state index in [0.717, 1.165) is 38.8 Å². The molecule has 2 aromatic rings. The van der Waals surface area contributed by atoms with Gasteiger partial charge in [-0.25, -0.2) is 4.68 Å². The van der Waals surface area contributed by atoms with Crippen molar-refractivity contribution in [1.29, 1.82) is 0 Å².